The molecule has 0 heterocycles. The summed E-state index contributed by atoms with van der Waals surface area (Å²) in [5, 5.41) is 3.10. The zero-order chi connectivity index (χ0) is 13.7. The van der Waals surface area contributed by atoms with Gasteiger partial charge in [-0.15, -0.1) is 0 Å². The Balaban J connectivity index is 2.21. The monoisotopic (exact) mass is 323 g/mol. The van der Waals surface area contributed by atoms with Gasteiger partial charge in [0.25, 0.3) is 0 Å². The quantitative estimate of drug-likeness (QED) is 0.900. The van der Waals surface area contributed by atoms with Gasteiger partial charge in [0.1, 0.15) is 17.7 Å². The SMILES string of the molecule is CNCC(Oc1ccc(F)cc1Br)c1ccccc1. The third-order valence-electron chi connectivity index (χ3n) is 2.72. The molecule has 1 atom stereocenters. The molecule has 0 bridgehead atoms. The number of ether oxygens (including phenoxy) is 1. The van der Waals surface area contributed by atoms with Gasteiger partial charge in [-0.1, -0.05) is 30.3 Å². The molecule has 0 spiro atoms. The van der Waals surface area contributed by atoms with Crippen LogP contribution in [-0.2, 0) is 0 Å². The van der Waals surface area contributed by atoms with Crippen molar-refractivity contribution in [3.63, 3.8) is 0 Å². The first-order valence-corrected chi connectivity index (χ1v) is 6.81. The average molecular weight is 324 g/mol. The van der Waals surface area contributed by atoms with Crippen molar-refractivity contribution < 1.29 is 9.13 Å². The zero-order valence-electron chi connectivity index (χ0n) is 10.6. The molecule has 100 valence electrons. The smallest absolute Gasteiger partial charge is 0.136 e. The maximum Gasteiger partial charge on any atom is 0.136 e. The van der Waals surface area contributed by atoms with E-state index in [1.807, 2.05) is 37.4 Å². The van der Waals surface area contributed by atoms with Crippen LogP contribution < -0.4 is 10.1 Å². The molecule has 0 amide bonds. The molecule has 0 aliphatic heterocycles. The number of rotatable bonds is 5. The molecule has 2 rings (SSSR count). The Labute approximate surface area is 120 Å². The minimum Gasteiger partial charge on any atom is -0.483 e. The predicted octanol–water partition coefficient (Wildman–Crippen LogP) is 3.93. The molecule has 1 N–H and O–H groups in total. The number of benzene rings is 2. The van der Waals surface area contributed by atoms with Crippen LogP contribution in [0.25, 0.3) is 0 Å². The average Bonchev–Trinajstić information content (AvgIpc) is 2.42. The molecule has 0 saturated carbocycles. The summed E-state index contributed by atoms with van der Waals surface area (Å²) in [5.74, 6) is 0.342. The predicted molar refractivity (Wildman–Crippen MR) is 77.8 cm³/mol. The highest BCUT2D eigenvalue weighted by atomic mass is 79.9. The Kier molecular flexibility index (Phi) is 4.93. The summed E-state index contributed by atoms with van der Waals surface area (Å²) >= 11 is 3.31. The fourth-order valence-electron chi connectivity index (χ4n) is 1.80. The van der Waals surface area contributed by atoms with E-state index in [1.165, 1.54) is 12.1 Å². The second-order valence-corrected chi connectivity index (χ2v) is 5.00. The van der Waals surface area contributed by atoms with E-state index in [2.05, 4.69) is 21.2 Å². The van der Waals surface area contributed by atoms with Gasteiger partial charge >= 0.3 is 0 Å². The molecule has 0 fully saturated rings. The van der Waals surface area contributed by atoms with E-state index in [9.17, 15) is 4.39 Å². The maximum absolute atomic E-state index is 13.1. The van der Waals surface area contributed by atoms with Gasteiger partial charge in [-0.2, -0.15) is 0 Å². The molecule has 4 heteroatoms. The normalized spacial score (nSPS) is 12.2. The number of hydrogen-bond donors (Lipinski definition) is 1. The summed E-state index contributed by atoms with van der Waals surface area (Å²) in [7, 11) is 1.87. The van der Waals surface area contributed by atoms with Crippen LogP contribution in [0.3, 0.4) is 0 Å². The second kappa shape index (κ2) is 6.68. The van der Waals surface area contributed by atoms with Crippen LogP contribution in [-0.4, -0.2) is 13.6 Å². The lowest BCUT2D eigenvalue weighted by Gasteiger charge is -2.20. The lowest BCUT2D eigenvalue weighted by Crippen LogP contribution is -2.22. The fraction of sp³-hybridized carbons (Fsp3) is 0.200. The van der Waals surface area contributed by atoms with Crippen LogP contribution in [0.15, 0.2) is 53.0 Å². The Morgan fingerprint density at radius 2 is 1.95 bits per heavy atom. The Morgan fingerprint density at radius 3 is 2.58 bits per heavy atom. The summed E-state index contributed by atoms with van der Waals surface area (Å²) in [5.41, 5.74) is 1.08. The van der Waals surface area contributed by atoms with Crippen LogP contribution in [0.1, 0.15) is 11.7 Å². The Hall–Kier alpha value is -1.39. The molecule has 2 aromatic carbocycles. The maximum atomic E-state index is 13.1. The van der Waals surface area contributed by atoms with E-state index >= 15 is 0 Å². The highest BCUT2D eigenvalue weighted by Crippen LogP contribution is 2.29. The van der Waals surface area contributed by atoms with Crippen LogP contribution in [0.4, 0.5) is 4.39 Å². The second-order valence-electron chi connectivity index (χ2n) is 4.15. The summed E-state index contributed by atoms with van der Waals surface area (Å²) in [6.07, 6.45) is -0.118. The van der Waals surface area contributed by atoms with E-state index in [-0.39, 0.29) is 11.9 Å². The first kappa shape index (κ1) is 14.0. The van der Waals surface area contributed by atoms with Crippen molar-refractivity contribution in [1.29, 1.82) is 0 Å². The van der Waals surface area contributed by atoms with Gasteiger partial charge in [0.05, 0.1) is 4.47 Å². The minimum absolute atomic E-state index is 0.118. The lowest BCUT2D eigenvalue weighted by atomic mass is 10.1. The lowest BCUT2D eigenvalue weighted by molar-refractivity contribution is 0.203. The molecule has 0 saturated heterocycles. The number of hydrogen-bond acceptors (Lipinski definition) is 2. The van der Waals surface area contributed by atoms with Gasteiger partial charge < -0.3 is 10.1 Å². The molecular formula is C15H15BrFNO. The Bertz CT molecular complexity index is 533. The molecule has 19 heavy (non-hydrogen) atoms. The van der Waals surface area contributed by atoms with E-state index in [4.69, 9.17) is 4.74 Å². The van der Waals surface area contributed by atoms with E-state index in [1.54, 1.807) is 6.07 Å². The van der Waals surface area contributed by atoms with E-state index < -0.39 is 0 Å². The molecule has 1 unspecified atom stereocenters. The minimum atomic E-state index is -0.288. The van der Waals surface area contributed by atoms with Crippen molar-refractivity contribution in [2.75, 3.05) is 13.6 Å². The van der Waals surface area contributed by atoms with Gasteiger partial charge in [0, 0.05) is 6.54 Å². The first-order valence-electron chi connectivity index (χ1n) is 6.02. The topological polar surface area (TPSA) is 21.3 Å². The van der Waals surface area contributed by atoms with Gasteiger partial charge in [-0.3, -0.25) is 0 Å². The van der Waals surface area contributed by atoms with Crippen LogP contribution >= 0.6 is 15.9 Å². The van der Waals surface area contributed by atoms with Crippen molar-refractivity contribution in [2.24, 2.45) is 0 Å². The molecule has 2 nitrogen and oxygen atoms in total. The largest absolute Gasteiger partial charge is 0.483 e. The molecule has 0 radical (unpaired) electrons. The number of likely N-dealkylation sites (N-methyl/N-ethyl adjacent to an activating group) is 1. The third-order valence-corrected chi connectivity index (χ3v) is 3.34. The van der Waals surface area contributed by atoms with E-state index in [0.717, 1.165) is 5.56 Å². The summed E-state index contributed by atoms with van der Waals surface area (Å²) in [6.45, 7) is 0.674. The van der Waals surface area contributed by atoms with Crippen molar-refractivity contribution in [1.82, 2.24) is 5.32 Å². The molecule has 0 aliphatic rings. The summed E-state index contributed by atoms with van der Waals surface area (Å²) in [6, 6.07) is 14.4. The number of halogens is 2. The zero-order valence-corrected chi connectivity index (χ0v) is 12.2. The van der Waals surface area contributed by atoms with E-state index in [0.29, 0.717) is 16.8 Å². The molecule has 0 aliphatic carbocycles. The number of nitrogens with one attached hydrogen (secondary N) is 1. The van der Waals surface area contributed by atoms with Gasteiger partial charge in [-0.05, 0) is 46.7 Å². The van der Waals surface area contributed by atoms with Crippen LogP contribution in [0.2, 0.25) is 0 Å². The molecule has 2 aromatic rings. The highest BCUT2D eigenvalue weighted by Gasteiger charge is 2.14. The van der Waals surface area contributed by atoms with Crippen LogP contribution in [0.5, 0.6) is 5.75 Å². The van der Waals surface area contributed by atoms with Gasteiger partial charge in [-0.25, -0.2) is 4.39 Å². The van der Waals surface area contributed by atoms with Crippen molar-refractivity contribution in [3.8, 4) is 5.75 Å². The van der Waals surface area contributed by atoms with Crippen LogP contribution in [0, 0.1) is 5.82 Å². The van der Waals surface area contributed by atoms with Gasteiger partial charge in [0.2, 0.25) is 0 Å². The fourth-order valence-corrected chi connectivity index (χ4v) is 2.25. The third kappa shape index (κ3) is 3.78. The highest BCUT2D eigenvalue weighted by molar-refractivity contribution is 9.10. The molecule has 0 aromatic heterocycles. The Morgan fingerprint density at radius 1 is 1.21 bits per heavy atom. The van der Waals surface area contributed by atoms with Crippen molar-refractivity contribution in [2.45, 2.75) is 6.10 Å². The van der Waals surface area contributed by atoms with Gasteiger partial charge in [0.15, 0.2) is 0 Å². The van der Waals surface area contributed by atoms with Crippen molar-refractivity contribution >= 4 is 15.9 Å². The summed E-state index contributed by atoms with van der Waals surface area (Å²) < 4.78 is 19.6. The summed E-state index contributed by atoms with van der Waals surface area (Å²) in [4.78, 5) is 0. The first-order chi connectivity index (χ1) is 9.20. The standard InChI is InChI=1S/C15H15BrFNO/c1-18-10-15(11-5-3-2-4-6-11)19-14-8-7-12(17)9-13(14)16/h2-9,15,18H,10H2,1H3. The van der Waals surface area contributed by atoms with Crippen molar-refractivity contribution in [3.05, 3.63) is 64.4 Å². The molecular weight excluding hydrogens is 309 g/mol.